The van der Waals surface area contributed by atoms with Crippen LogP contribution in [0.5, 0.6) is 0 Å². The van der Waals surface area contributed by atoms with Crippen LogP contribution < -0.4 is 10.6 Å². The van der Waals surface area contributed by atoms with E-state index < -0.39 is 22.9 Å². The van der Waals surface area contributed by atoms with Gasteiger partial charge in [0.15, 0.2) is 0 Å². The first-order valence-corrected chi connectivity index (χ1v) is 11.8. The first kappa shape index (κ1) is 24.2. The number of hydrogen-bond donors (Lipinski definition) is 2. The average Bonchev–Trinajstić information content (AvgIpc) is 3.65. The molecule has 0 saturated heterocycles. The van der Waals surface area contributed by atoms with Crippen LogP contribution in [0.1, 0.15) is 29.2 Å². The van der Waals surface area contributed by atoms with Crippen LogP contribution in [0.15, 0.2) is 77.7 Å². The van der Waals surface area contributed by atoms with Crippen LogP contribution in [0, 0.1) is 5.92 Å². The summed E-state index contributed by atoms with van der Waals surface area (Å²) >= 11 is 6.95. The second-order valence-electron chi connectivity index (χ2n) is 7.87. The Labute approximate surface area is 203 Å². The van der Waals surface area contributed by atoms with Gasteiger partial charge in [-0.25, -0.2) is 0 Å². The molecular weight excluding hydrogens is 485 g/mol. The first-order chi connectivity index (χ1) is 16.2. The Morgan fingerprint density at radius 3 is 2.24 bits per heavy atom. The van der Waals surface area contributed by atoms with Crippen molar-refractivity contribution in [2.24, 2.45) is 5.92 Å². The van der Waals surface area contributed by atoms with Crippen molar-refractivity contribution in [3.8, 4) is 0 Å². The highest BCUT2D eigenvalue weighted by Crippen LogP contribution is 2.40. The molecule has 0 spiro atoms. The summed E-state index contributed by atoms with van der Waals surface area (Å²) in [6, 6.07) is 19.0. The van der Waals surface area contributed by atoms with Crippen molar-refractivity contribution in [1.29, 1.82) is 0 Å². The fraction of sp³-hybridized carbons (Fsp3) is 0.200. The maximum absolute atomic E-state index is 13.5. The summed E-state index contributed by atoms with van der Waals surface area (Å²) in [5, 5.41) is 4.39. The third kappa shape index (κ3) is 6.12. The van der Waals surface area contributed by atoms with Crippen LogP contribution in [0.3, 0.4) is 0 Å². The maximum atomic E-state index is 13.5. The number of hydrogen-bond acceptors (Lipinski definition) is 3. The quantitative estimate of drug-likeness (QED) is 0.335. The summed E-state index contributed by atoms with van der Waals surface area (Å²) in [6.07, 6.45) is -2.88. The van der Waals surface area contributed by atoms with Crippen LogP contribution in [0.2, 0.25) is 5.02 Å². The Kier molecular flexibility index (Phi) is 7.19. The van der Waals surface area contributed by atoms with E-state index in [9.17, 15) is 22.8 Å². The van der Waals surface area contributed by atoms with Crippen molar-refractivity contribution < 1.29 is 22.8 Å². The molecule has 2 amide bonds. The molecule has 2 N–H and O–H groups in total. The highest BCUT2D eigenvalue weighted by atomic mass is 35.5. The van der Waals surface area contributed by atoms with E-state index in [1.165, 1.54) is 17.8 Å². The van der Waals surface area contributed by atoms with Crippen LogP contribution >= 0.6 is 23.4 Å². The summed E-state index contributed by atoms with van der Waals surface area (Å²) in [7, 11) is 0. The van der Waals surface area contributed by atoms with Gasteiger partial charge in [0.1, 0.15) is 5.25 Å². The smallest absolute Gasteiger partial charge is 0.326 e. The number of carbonyl (C=O) groups excluding carboxylic acids is 2. The molecule has 0 radical (unpaired) electrons. The lowest BCUT2D eigenvalue weighted by atomic mass is 10.1. The largest absolute Gasteiger partial charge is 0.418 e. The summed E-state index contributed by atoms with van der Waals surface area (Å²) in [6.45, 7) is 0. The zero-order valence-corrected chi connectivity index (χ0v) is 19.3. The number of thioether (sulfide) groups is 1. The molecule has 1 saturated carbocycles. The highest BCUT2D eigenvalue weighted by molar-refractivity contribution is 8.00. The number of benzene rings is 3. The van der Waals surface area contributed by atoms with Crippen molar-refractivity contribution >= 4 is 46.6 Å². The number of nitrogens with one attached hydrogen (secondary N) is 2. The van der Waals surface area contributed by atoms with Crippen molar-refractivity contribution in [2.75, 3.05) is 10.6 Å². The predicted octanol–water partition coefficient (Wildman–Crippen LogP) is 7.18. The van der Waals surface area contributed by atoms with E-state index in [-0.39, 0.29) is 22.5 Å². The molecule has 1 aliphatic rings. The molecule has 0 aliphatic heterocycles. The zero-order valence-electron chi connectivity index (χ0n) is 17.7. The minimum Gasteiger partial charge on any atom is -0.326 e. The van der Waals surface area contributed by atoms with Gasteiger partial charge in [0, 0.05) is 21.5 Å². The topological polar surface area (TPSA) is 58.2 Å². The summed E-state index contributed by atoms with van der Waals surface area (Å²) < 4.78 is 40.5. The van der Waals surface area contributed by atoms with E-state index in [1.807, 2.05) is 0 Å². The SMILES string of the molecule is O=C(Nc1ccc(SC(C(=O)Nc2ccc(Cl)cc2C(F)(F)F)c2ccccc2)cc1)C1CC1. The maximum Gasteiger partial charge on any atom is 0.418 e. The Morgan fingerprint density at radius 1 is 0.941 bits per heavy atom. The molecule has 3 aromatic rings. The van der Waals surface area contributed by atoms with Crippen molar-refractivity contribution in [3.05, 3.63) is 88.9 Å². The second kappa shape index (κ2) is 10.1. The van der Waals surface area contributed by atoms with Crippen molar-refractivity contribution in [2.45, 2.75) is 29.2 Å². The molecule has 1 aliphatic carbocycles. The molecule has 1 fully saturated rings. The zero-order chi connectivity index (χ0) is 24.3. The van der Waals surface area contributed by atoms with Gasteiger partial charge in [-0.2, -0.15) is 13.2 Å². The van der Waals surface area contributed by atoms with E-state index in [0.29, 0.717) is 11.3 Å². The Morgan fingerprint density at radius 2 is 1.62 bits per heavy atom. The highest BCUT2D eigenvalue weighted by Gasteiger charge is 2.35. The molecule has 0 aromatic heterocycles. The minimum absolute atomic E-state index is 0.00891. The van der Waals surface area contributed by atoms with E-state index >= 15 is 0 Å². The molecule has 4 nitrogen and oxygen atoms in total. The molecule has 1 unspecified atom stereocenters. The summed E-state index contributed by atoms with van der Waals surface area (Å²) in [5.41, 5.74) is -0.0842. The average molecular weight is 505 g/mol. The molecule has 4 rings (SSSR count). The number of amides is 2. The predicted molar refractivity (Wildman–Crippen MR) is 128 cm³/mol. The normalized spacial score (nSPS) is 14.4. The van der Waals surface area contributed by atoms with Crippen LogP contribution in [-0.2, 0) is 15.8 Å². The van der Waals surface area contributed by atoms with Crippen LogP contribution in [0.25, 0.3) is 0 Å². The molecule has 34 heavy (non-hydrogen) atoms. The lowest BCUT2D eigenvalue weighted by Gasteiger charge is -2.19. The Balaban J connectivity index is 1.55. The van der Waals surface area contributed by atoms with Crippen LogP contribution in [0.4, 0.5) is 24.5 Å². The fourth-order valence-corrected chi connectivity index (χ4v) is 4.50. The minimum atomic E-state index is -4.68. The monoisotopic (exact) mass is 504 g/mol. The third-order valence-electron chi connectivity index (χ3n) is 5.21. The lowest BCUT2D eigenvalue weighted by Crippen LogP contribution is -2.21. The van der Waals surface area contributed by atoms with Gasteiger partial charge in [0.25, 0.3) is 0 Å². The van der Waals surface area contributed by atoms with Gasteiger partial charge < -0.3 is 10.6 Å². The van der Waals surface area contributed by atoms with Gasteiger partial charge in [0.05, 0.1) is 11.3 Å². The van der Waals surface area contributed by atoms with Gasteiger partial charge >= 0.3 is 6.18 Å². The number of halogens is 4. The van der Waals surface area contributed by atoms with E-state index in [1.54, 1.807) is 54.6 Å². The van der Waals surface area contributed by atoms with E-state index in [0.717, 1.165) is 29.9 Å². The Hall–Kier alpha value is -2.97. The van der Waals surface area contributed by atoms with Gasteiger partial charge in [-0.05, 0) is 60.9 Å². The summed E-state index contributed by atoms with van der Waals surface area (Å²) in [5.74, 6) is -0.532. The Bertz CT molecular complexity index is 1180. The molecular formula is C25H20ClF3N2O2S. The second-order valence-corrected chi connectivity index (χ2v) is 9.49. The number of alkyl halides is 3. The van der Waals surface area contributed by atoms with Crippen LogP contribution in [-0.4, -0.2) is 11.8 Å². The molecule has 9 heteroatoms. The van der Waals surface area contributed by atoms with Gasteiger partial charge in [-0.15, -0.1) is 11.8 Å². The molecule has 0 heterocycles. The fourth-order valence-electron chi connectivity index (χ4n) is 3.30. The van der Waals surface area contributed by atoms with Gasteiger partial charge in [0.2, 0.25) is 11.8 Å². The molecule has 0 bridgehead atoms. The standard InChI is InChI=1S/C25H20ClF3N2O2S/c26-17-8-13-21(20(14-17)25(27,28)29)31-24(33)22(15-4-2-1-3-5-15)34-19-11-9-18(10-12-19)30-23(32)16-6-7-16/h1-5,8-14,16,22H,6-7H2,(H,30,32)(H,31,33). The number of anilines is 2. The summed E-state index contributed by atoms with van der Waals surface area (Å²) in [4.78, 5) is 25.9. The first-order valence-electron chi connectivity index (χ1n) is 10.5. The van der Waals surface area contributed by atoms with E-state index in [4.69, 9.17) is 11.6 Å². The van der Waals surface area contributed by atoms with E-state index in [2.05, 4.69) is 10.6 Å². The number of carbonyl (C=O) groups is 2. The third-order valence-corrected chi connectivity index (χ3v) is 6.71. The van der Waals surface area contributed by atoms with Crippen molar-refractivity contribution in [3.63, 3.8) is 0 Å². The van der Waals surface area contributed by atoms with Crippen molar-refractivity contribution in [1.82, 2.24) is 0 Å². The molecule has 3 aromatic carbocycles. The molecule has 176 valence electrons. The number of rotatable bonds is 7. The van der Waals surface area contributed by atoms with Gasteiger partial charge in [-0.1, -0.05) is 41.9 Å². The van der Waals surface area contributed by atoms with Gasteiger partial charge in [-0.3, -0.25) is 9.59 Å². The lowest BCUT2D eigenvalue weighted by molar-refractivity contribution is -0.137. The molecule has 1 atom stereocenters.